The number of nitrogen functional groups attached to an aromatic ring is 1. The van der Waals surface area contributed by atoms with Gasteiger partial charge in [0.2, 0.25) is 0 Å². The Kier molecular flexibility index (Phi) is 3.36. The van der Waals surface area contributed by atoms with E-state index < -0.39 is 0 Å². The van der Waals surface area contributed by atoms with Gasteiger partial charge in [0.1, 0.15) is 5.52 Å². The quantitative estimate of drug-likeness (QED) is 0.741. The van der Waals surface area contributed by atoms with Crippen molar-refractivity contribution < 1.29 is 4.42 Å². The SMILES string of the molecule is CN(Cc1ccc(Br)cc1)c1nc2c(N)cccc2o1. The first-order valence-electron chi connectivity index (χ1n) is 6.24. The topological polar surface area (TPSA) is 55.3 Å². The van der Waals surface area contributed by atoms with E-state index in [0.717, 1.165) is 11.0 Å². The van der Waals surface area contributed by atoms with Crippen LogP contribution < -0.4 is 10.6 Å². The first-order valence-corrected chi connectivity index (χ1v) is 7.03. The number of benzene rings is 2. The van der Waals surface area contributed by atoms with Gasteiger partial charge in [-0.15, -0.1) is 0 Å². The van der Waals surface area contributed by atoms with Crippen molar-refractivity contribution in [2.45, 2.75) is 6.54 Å². The molecule has 2 N–H and O–H groups in total. The second-order valence-corrected chi connectivity index (χ2v) is 5.59. The first kappa shape index (κ1) is 13.0. The minimum absolute atomic E-state index is 0.570. The molecular weight excluding hydrogens is 318 g/mol. The Labute approximate surface area is 125 Å². The highest BCUT2D eigenvalue weighted by Gasteiger charge is 2.12. The molecule has 0 atom stereocenters. The number of hydrogen-bond donors (Lipinski definition) is 1. The van der Waals surface area contributed by atoms with E-state index in [0.29, 0.717) is 22.8 Å². The lowest BCUT2D eigenvalue weighted by Gasteiger charge is -2.14. The van der Waals surface area contributed by atoms with Crippen LogP contribution in [-0.4, -0.2) is 12.0 Å². The zero-order valence-electron chi connectivity index (χ0n) is 11.0. The number of anilines is 2. The van der Waals surface area contributed by atoms with Crippen molar-refractivity contribution >= 4 is 38.7 Å². The fraction of sp³-hybridized carbons (Fsp3) is 0.133. The number of aromatic nitrogens is 1. The summed E-state index contributed by atoms with van der Waals surface area (Å²) in [6.07, 6.45) is 0. The van der Waals surface area contributed by atoms with E-state index in [1.165, 1.54) is 5.56 Å². The second-order valence-electron chi connectivity index (χ2n) is 4.67. The minimum Gasteiger partial charge on any atom is -0.423 e. The number of hydrogen-bond acceptors (Lipinski definition) is 4. The van der Waals surface area contributed by atoms with Gasteiger partial charge in [0.25, 0.3) is 6.01 Å². The number of para-hydroxylation sites is 1. The van der Waals surface area contributed by atoms with Crippen LogP contribution in [0.25, 0.3) is 11.1 Å². The van der Waals surface area contributed by atoms with Crippen molar-refractivity contribution in [3.8, 4) is 0 Å². The predicted molar refractivity (Wildman–Crippen MR) is 84.7 cm³/mol. The van der Waals surface area contributed by atoms with Gasteiger partial charge in [-0.05, 0) is 29.8 Å². The number of nitrogens with zero attached hydrogens (tertiary/aromatic N) is 2. The van der Waals surface area contributed by atoms with Crippen LogP contribution in [0.4, 0.5) is 11.7 Å². The molecule has 4 nitrogen and oxygen atoms in total. The Hall–Kier alpha value is -2.01. The summed E-state index contributed by atoms with van der Waals surface area (Å²) in [6, 6.07) is 14.3. The molecule has 0 spiro atoms. The summed E-state index contributed by atoms with van der Waals surface area (Å²) < 4.78 is 6.80. The molecule has 0 fully saturated rings. The number of fused-ring (bicyclic) bond motifs is 1. The maximum Gasteiger partial charge on any atom is 0.298 e. The van der Waals surface area contributed by atoms with Gasteiger partial charge in [0.05, 0.1) is 5.69 Å². The molecule has 0 amide bonds. The summed E-state index contributed by atoms with van der Waals surface area (Å²) in [5, 5.41) is 0. The molecular formula is C15H14BrN3O. The highest BCUT2D eigenvalue weighted by molar-refractivity contribution is 9.10. The zero-order valence-corrected chi connectivity index (χ0v) is 12.6. The summed E-state index contributed by atoms with van der Waals surface area (Å²) >= 11 is 3.43. The van der Waals surface area contributed by atoms with Gasteiger partial charge >= 0.3 is 0 Å². The minimum atomic E-state index is 0.570. The summed E-state index contributed by atoms with van der Waals surface area (Å²) in [5.41, 5.74) is 9.14. The van der Waals surface area contributed by atoms with E-state index in [9.17, 15) is 0 Å². The number of rotatable bonds is 3. The number of oxazole rings is 1. The monoisotopic (exact) mass is 331 g/mol. The third kappa shape index (κ3) is 2.49. The Morgan fingerprint density at radius 1 is 1.20 bits per heavy atom. The molecule has 3 aromatic rings. The molecule has 0 saturated heterocycles. The summed E-state index contributed by atoms with van der Waals surface area (Å²) in [7, 11) is 1.95. The summed E-state index contributed by atoms with van der Waals surface area (Å²) in [4.78, 5) is 6.41. The maximum atomic E-state index is 5.89. The van der Waals surface area contributed by atoms with Crippen molar-refractivity contribution in [2.24, 2.45) is 0 Å². The van der Waals surface area contributed by atoms with Crippen LogP contribution in [0.1, 0.15) is 5.56 Å². The van der Waals surface area contributed by atoms with E-state index in [4.69, 9.17) is 10.2 Å². The van der Waals surface area contributed by atoms with Crippen molar-refractivity contribution in [3.63, 3.8) is 0 Å². The van der Waals surface area contributed by atoms with Crippen molar-refractivity contribution in [2.75, 3.05) is 17.7 Å². The van der Waals surface area contributed by atoms with Gasteiger partial charge in [-0.2, -0.15) is 4.98 Å². The van der Waals surface area contributed by atoms with Gasteiger partial charge in [0, 0.05) is 18.1 Å². The standard InChI is InChI=1S/C15H14BrN3O/c1-19(9-10-5-7-11(16)8-6-10)15-18-14-12(17)3-2-4-13(14)20-15/h2-8H,9,17H2,1H3. The van der Waals surface area contributed by atoms with Crippen LogP contribution in [0.15, 0.2) is 51.4 Å². The Balaban J connectivity index is 1.86. The van der Waals surface area contributed by atoms with E-state index in [1.807, 2.05) is 42.3 Å². The van der Waals surface area contributed by atoms with Crippen molar-refractivity contribution in [3.05, 3.63) is 52.5 Å². The molecule has 0 aliphatic rings. The fourth-order valence-electron chi connectivity index (χ4n) is 2.05. The normalized spacial score (nSPS) is 10.9. The van der Waals surface area contributed by atoms with Crippen molar-refractivity contribution in [1.82, 2.24) is 4.98 Å². The Morgan fingerprint density at radius 3 is 2.65 bits per heavy atom. The van der Waals surface area contributed by atoms with Gasteiger partial charge < -0.3 is 15.1 Å². The molecule has 3 rings (SSSR count). The largest absolute Gasteiger partial charge is 0.423 e. The Bertz CT molecular complexity index is 736. The van der Waals surface area contributed by atoms with Crippen LogP contribution in [-0.2, 0) is 6.54 Å². The second kappa shape index (κ2) is 5.17. The van der Waals surface area contributed by atoms with Gasteiger partial charge in [-0.1, -0.05) is 34.1 Å². The maximum absolute atomic E-state index is 5.89. The van der Waals surface area contributed by atoms with E-state index in [1.54, 1.807) is 0 Å². The molecule has 20 heavy (non-hydrogen) atoms. The molecule has 0 aliphatic heterocycles. The average Bonchev–Trinajstić information content (AvgIpc) is 2.87. The van der Waals surface area contributed by atoms with E-state index >= 15 is 0 Å². The zero-order chi connectivity index (χ0) is 14.1. The first-order chi connectivity index (χ1) is 9.63. The smallest absolute Gasteiger partial charge is 0.298 e. The van der Waals surface area contributed by atoms with E-state index in [-0.39, 0.29) is 0 Å². The molecule has 102 valence electrons. The molecule has 0 saturated carbocycles. The summed E-state index contributed by atoms with van der Waals surface area (Å²) in [6.45, 7) is 0.722. The molecule has 0 radical (unpaired) electrons. The predicted octanol–water partition coefficient (Wildman–Crippen LogP) is 3.81. The van der Waals surface area contributed by atoms with Crippen LogP contribution in [0.2, 0.25) is 0 Å². The lowest BCUT2D eigenvalue weighted by Crippen LogP contribution is -2.16. The molecule has 1 heterocycles. The lowest BCUT2D eigenvalue weighted by molar-refractivity contribution is 0.582. The van der Waals surface area contributed by atoms with Gasteiger partial charge in [-0.3, -0.25) is 0 Å². The molecule has 2 aromatic carbocycles. The van der Waals surface area contributed by atoms with Gasteiger partial charge in [0.15, 0.2) is 5.58 Å². The molecule has 0 unspecified atom stereocenters. The van der Waals surface area contributed by atoms with Crippen LogP contribution in [0.3, 0.4) is 0 Å². The van der Waals surface area contributed by atoms with Crippen LogP contribution >= 0.6 is 15.9 Å². The number of halogens is 1. The molecule has 0 bridgehead atoms. The van der Waals surface area contributed by atoms with Crippen LogP contribution in [0, 0.1) is 0 Å². The fourth-order valence-corrected chi connectivity index (χ4v) is 2.32. The van der Waals surface area contributed by atoms with Crippen molar-refractivity contribution in [1.29, 1.82) is 0 Å². The highest BCUT2D eigenvalue weighted by Crippen LogP contribution is 2.26. The third-order valence-electron chi connectivity index (χ3n) is 3.10. The highest BCUT2D eigenvalue weighted by atomic mass is 79.9. The summed E-state index contributed by atoms with van der Waals surface area (Å²) in [5.74, 6) is 0. The molecule has 1 aromatic heterocycles. The lowest BCUT2D eigenvalue weighted by atomic mass is 10.2. The molecule has 0 aliphatic carbocycles. The molecule has 5 heteroatoms. The van der Waals surface area contributed by atoms with Gasteiger partial charge in [-0.25, -0.2) is 0 Å². The third-order valence-corrected chi connectivity index (χ3v) is 3.63. The van der Waals surface area contributed by atoms with Crippen LogP contribution in [0.5, 0.6) is 0 Å². The number of nitrogens with two attached hydrogens (primary N) is 1. The van der Waals surface area contributed by atoms with E-state index in [2.05, 4.69) is 33.0 Å². The Morgan fingerprint density at radius 2 is 1.95 bits per heavy atom. The average molecular weight is 332 g/mol.